The predicted molar refractivity (Wildman–Crippen MR) is 94.2 cm³/mol. The summed E-state index contributed by atoms with van der Waals surface area (Å²) in [5.41, 5.74) is 0.373. The van der Waals surface area contributed by atoms with Gasteiger partial charge in [0.05, 0.1) is 23.0 Å². The fourth-order valence-corrected chi connectivity index (χ4v) is 2.83. The van der Waals surface area contributed by atoms with Crippen LogP contribution in [0.3, 0.4) is 0 Å². The fourth-order valence-electron chi connectivity index (χ4n) is 2.83. The molecule has 4 rings (SSSR count). The molecule has 0 aliphatic rings. The highest BCUT2D eigenvalue weighted by atomic mass is 19.1. The molecule has 0 saturated heterocycles. The number of halogens is 2. The number of fused-ring (bicyclic) bond motifs is 2. The monoisotopic (exact) mass is 351 g/mol. The lowest BCUT2D eigenvalue weighted by atomic mass is 10.1. The van der Waals surface area contributed by atoms with Gasteiger partial charge in [0.15, 0.2) is 5.43 Å². The Labute approximate surface area is 145 Å². The van der Waals surface area contributed by atoms with Crippen LogP contribution in [0.15, 0.2) is 59.7 Å². The number of hydrogen-bond donors (Lipinski definition) is 2. The number of benzene rings is 2. The maximum absolute atomic E-state index is 14.0. The van der Waals surface area contributed by atoms with Crippen molar-refractivity contribution in [1.29, 1.82) is 0 Å². The van der Waals surface area contributed by atoms with Crippen LogP contribution < -0.4 is 10.7 Å². The van der Waals surface area contributed by atoms with Crippen molar-refractivity contribution in [3.63, 3.8) is 0 Å². The Morgan fingerprint density at radius 2 is 1.85 bits per heavy atom. The third-order valence-electron chi connectivity index (χ3n) is 4.00. The minimum atomic E-state index is -0.741. The largest absolute Gasteiger partial charge is 0.354 e. The number of aromatic amines is 1. The number of carbonyl (C=O) groups is 1. The maximum Gasteiger partial charge on any atom is 0.257 e. The van der Waals surface area contributed by atoms with Crippen LogP contribution in [0.25, 0.3) is 21.8 Å². The van der Waals surface area contributed by atoms with Gasteiger partial charge in [-0.3, -0.25) is 14.6 Å². The number of pyridine rings is 2. The number of hydrogen-bond acceptors (Lipinski definition) is 3. The van der Waals surface area contributed by atoms with Crippen LogP contribution in [0.2, 0.25) is 0 Å². The van der Waals surface area contributed by atoms with E-state index in [1.807, 2.05) is 0 Å². The molecule has 0 fully saturated rings. The van der Waals surface area contributed by atoms with Crippen molar-refractivity contribution in [3.8, 4) is 0 Å². The van der Waals surface area contributed by atoms with Gasteiger partial charge < -0.3 is 10.3 Å². The highest BCUT2D eigenvalue weighted by molar-refractivity contribution is 6.13. The fraction of sp³-hybridized carbons (Fsp3) is 0. The zero-order chi connectivity index (χ0) is 18.3. The van der Waals surface area contributed by atoms with Gasteiger partial charge in [0, 0.05) is 22.5 Å². The van der Waals surface area contributed by atoms with Crippen molar-refractivity contribution in [1.82, 2.24) is 9.97 Å². The normalized spacial score (nSPS) is 11.0. The van der Waals surface area contributed by atoms with E-state index in [1.54, 1.807) is 18.3 Å². The second-order valence-corrected chi connectivity index (χ2v) is 5.72. The Kier molecular flexibility index (Phi) is 3.69. The summed E-state index contributed by atoms with van der Waals surface area (Å²) in [6.45, 7) is 0. The van der Waals surface area contributed by atoms with Crippen molar-refractivity contribution in [2.75, 3.05) is 5.32 Å². The Balaban J connectivity index is 1.95. The Morgan fingerprint density at radius 3 is 2.62 bits per heavy atom. The van der Waals surface area contributed by atoms with Gasteiger partial charge in [0.25, 0.3) is 5.91 Å². The lowest BCUT2D eigenvalue weighted by Gasteiger charge is -2.10. The summed E-state index contributed by atoms with van der Waals surface area (Å²) in [7, 11) is 0. The lowest BCUT2D eigenvalue weighted by molar-refractivity contribution is 0.102. The van der Waals surface area contributed by atoms with E-state index in [2.05, 4.69) is 15.3 Å². The lowest BCUT2D eigenvalue weighted by Crippen LogP contribution is -2.15. The van der Waals surface area contributed by atoms with E-state index in [0.29, 0.717) is 11.2 Å². The van der Waals surface area contributed by atoms with Gasteiger partial charge in [-0.1, -0.05) is 0 Å². The van der Waals surface area contributed by atoms with Crippen LogP contribution in [0.4, 0.5) is 14.5 Å². The number of nitrogens with zero attached hydrogens (tertiary/aromatic N) is 1. The maximum atomic E-state index is 14.0. The molecule has 4 aromatic rings. The first-order chi connectivity index (χ1) is 12.5. The molecule has 5 nitrogen and oxygen atoms in total. The van der Waals surface area contributed by atoms with Crippen molar-refractivity contribution < 1.29 is 13.6 Å². The van der Waals surface area contributed by atoms with E-state index in [9.17, 15) is 18.4 Å². The molecule has 26 heavy (non-hydrogen) atoms. The minimum absolute atomic E-state index is 0.0283. The van der Waals surface area contributed by atoms with Crippen molar-refractivity contribution >= 4 is 33.4 Å². The van der Waals surface area contributed by atoms with Crippen LogP contribution in [0.1, 0.15) is 10.4 Å². The highest BCUT2D eigenvalue weighted by Crippen LogP contribution is 2.21. The second-order valence-electron chi connectivity index (χ2n) is 5.72. The van der Waals surface area contributed by atoms with E-state index in [0.717, 1.165) is 18.2 Å². The Morgan fingerprint density at radius 1 is 1.04 bits per heavy atom. The molecule has 0 bridgehead atoms. The average Bonchev–Trinajstić information content (AvgIpc) is 2.63. The van der Waals surface area contributed by atoms with Crippen molar-refractivity contribution in [2.24, 2.45) is 0 Å². The first kappa shape index (κ1) is 15.9. The summed E-state index contributed by atoms with van der Waals surface area (Å²) < 4.78 is 27.5. The number of carbonyl (C=O) groups excluding carboxylic acids is 1. The molecule has 2 aromatic heterocycles. The third-order valence-corrected chi connectivity index (χ3v) is 4.00. The number of anilines is 1. The summed E-state index contributed by atoms with van der Waals surface area (Å²) in [6.07, 6.45) is 3.00. The number of aromatic nitrogens is 2. The smallest absolute Gasteiger partial charge is 0.257 e. The standard InChI is InChI=1S/C19H11F2N3O2/c20-10-3-4-16-13(6-10)18(25)14-7-11(21)8-15(17(14)24-16)19(26)23-12-2-1-5-22-9-12/h1-9H,(H,23,26)(H,24,25). The van der Waals surface area contributed by atoms with Gasteiger partial charge >= 0.3 is 0 Å². The molecule has 0 radical (unpaired) electrons. The van der Waals surface area contributed by atoms with Gasteiger partial charge in [-0.25, -0.2) is 8.78 Å². The van der Waals surface area contributed by atoms with E-state index in [4.69, 9.17) is 0 Å². The summed E-state index contributed by atoms with van der Waals surface area (Å²) in [5, 5.41) is 2.66. The molecule has 7 heteroatoms. The second kappa shape index (κ2) is 6.03. The molecule has 1 amide bonds. The quantitative estimate of drug-likeness (QED) is 0.542. The SMILES string of the molecule is O=C(Nc1cccnc1)c1cc(F)cc2c(=O)c3cc(F)ccc3[nH]c12. The first-order valence-corrected chi connectivity index (χ1v) is 7.69. The molecular weight excluding hydrogens is 340 g/mol. The zero-order valence-corrected chi connectivity index (χ0v) is 13.2. The predicted octanol–water partition coefficient (Wildman–Crippen LogP) is 3.61. The minimum Gasteiger partial charge on any atom is -0.354 e. The van der Waals surface area contributed by atoms with Crippen LogP contribution in [-0.2, 0) is 0 Å². The molecule has 0 spiro atoms. The van der Waals surface area contributed by atoms with Crippen molar-refractivity contribution in [2.45, 2.75) is 0 Å². The van der Waals surface area contributed by atoms with E-state index in [1.165, 1.54) is 18.3 Å². The summed E-state index contributed by atoms with van der Waals surface area (Å²) >= 11 is 0. The van der Waals surface area contributed by atoms with Crippen LogP contribution in [0.5, 0.6) is 0 Å². The van der Waals surface area contributed by atoms with Crippen LogP contribution in [-0.4, -0.2) is 15.9 Å². The molecule has 128 valence electrons. The Bertz CT molecular complexity index is 1220. The molecule has 0 saturated carbocycles. The molecule has 0 aliphatic heterocycles. The number of amides is 1. The molecule has 0 atom stereocenters. The van der Waals surface area contributed by atoms with Crippen molar-refractivity contribution in [3.05, 3.63) is 82.3 Å². The number of H-pyrrole nitrogens is 1. The first-order valence-electron chi connectivity index (χ1n) is 7.69. The summed E-state index contributed by atoms with van der Waals surface area (Å²) in [4.78, 5) is 32.0. The summed E-state index contributed by atoms with van der Waals surface area (Å²) in [5.74, 6) is -1.91. The average molecular weight is 351 g/mol. The van der Waals surface area contributed by atoms with Gasteiger partial charge in [-0.05, 0) is 42.5 Å². The molecular formula is C19H11F2N3O2. The van der Waals surface area contributed by atoms with E-state index in [-0.39, 0.29) is 21.9 Å². The number of rotatable bonds is 2. The van der Waals surface area contributed by atoms with Gasteiger partial charge in [0.2, 0.25) is 0 Å². The topological polar surface area (TPSA) is 74.8 Å². The zero-order valence-electron chi connectivity index (χ0n) is 13.2. The molecule has 2 heterocycles. The third kappa shape index (κ3) is 2.69. The highest BCUT2D eigenvalue weighted by Gasteiger charge is 2.17. The summed E-state index contributed by atoms with van der Waals surface area (Å²) in [6, 6.07) is 9.02. The molecule has 2 N–H and O–H groups in total. The van der Waals surface area contributed by atoms with E-state index >= 15 is 0 Å². The Hall–Kier alpha value is -3.61. The van der Waals surface area contributed by atoms with Gasteiger partial charge in [-0.2, -0.15) is 0 Å². The molecule has 0 aliphatic carbocycles. The van der Waals surface area contributed by atoms with Crippen LogP contribution >= 0.6 is 0 Å². The van der Waals surface area contributed by atoms with Crippen LogP contribution in [0, 0.1) is 11.6 Å². The van der Waals surface area contributed by atoms with Gasteiger partial charge in [-0.15, -0.1) is 0 Å². The molecule has 0 unspecified atom stereocenters. The number of nitrogens with one attached hydrogen (secondary N) is 2. The van der Waals surface area contributed by atoms with Gasteiger partial charge in [0.1, 0.15) is 11.6 Å². The van der Waals surface area contributed by atoms with E-state index < -0.39 is 23.0 Å². The molecule has 2 aromatic carbocycles.